The van der Waals surface area contributed by atoms with E-state index in [0.717, 1.165) is 5.56 Å². The molecule has 0 atom stereocenters. The minimum atomic E-state index is -3.11. The van der Waals surface area contributed by atoms with Gasteiger partial charge in [0.05, 0.1) is 5.75 Å². The van der Waals surface area contributed by atoms with Crippen molar-refractivity contribution >= 4 is 21.6 Å². The molecule has 0 saturated heterocycles. The summed E-state index contributed by atoms with van der Waals surface area (Å²) in [6.07, 6.45) is 0.500. The van der Waals surface area contributed by atoms with E-state index in [2.05, 4.69) is 4.72 Å². The quantitative estimate of drug-likeness (QED) is 0.855. The molecule has 0 aliphatic heterocycles. The van der Waals surface area contributed by atoms with Gasteiger partial charge in [0.25, 0.3) is 0 Å². The molecule has 14 heavy (non-hydrogen) atoms. The van der Waals surface area contributed by atoms with Gasteiger partial charge in [0.2, 0.25) is 10.0 Å². The van der Waals surface area contributed by atoms with Gasteiger partial charge >= 0.3 is 0 Å². The topological polar surface area (TPSA) is 46.2 Å². The van der Waals surface area contributed by atoms with Crippen LogP contribution in [0.4, 0.5) is 0 Å². The van der Waals surface area contributed by atoms with Gasteiger partial charge in [-0.1, -0.05) is 23.7 Å². The van der Waals surface area contributed by atoms with Crippen LogP contribution in [0.1, 0.15) is 5.56 Å². The summed E-state index contributed by atoms with van der Waals surface area (Å²) in [5, 5.41) is 0.658. The highest BCUT2D eigenvalue weighted by molar-refractivity contribution is 7.89. The normalized spacial score (nSPS) is 11.6. The summed E-state index contributed by atoms with van der Waals surface area (Å²) >= 11 is 5.70. The standard InChI is InChI=1S/C9H12ClNO2S/c1-11-14(12,13)7-6-8-2-4-9(10)5-3-8/h2-5,11H,6-7H2,1H3. The lowest BCUT2D eigenvalue weighted by atomic mass is 10.2. The van der Waals surface area contributed by atoms with Crippen LogP contribution in [-0.2, 0) is 16.4 Å². The van der Waals surface area contributed by atoms with Crippen LogP contribution in [0.2, 0.25) is 5.02 Å². The number of nitrogens with one attached hydrogen (secondary N) is 1. The number of halogens is 1. The summed E-state index contributed by atoms with van der Waals surface area (Å²) in [6, 6.07) is 7.16. The maximum absolute atomic E-state index is 11.1. The molecule has 0 aliphatic rings. The molecule has 0 bridgehead atoms. The van der Waals surface area contributed by atoms with Gasteiger partial charge in [-0.3, -0.25) is 0 Å². The van der Waals surface area contributed by atoms with Gasteiger partial charge in [0, 0.05) is 5.02 Å². The van der Waals surface area contributed by atoms with E-state index in [0.29, 0.717) is 11.4 Å². The highest BCUT2D eigenvalue weighted by Gasteiger charge is 2.06. The van der Waals surface area contributed by atoms with Crippen LogP contribution in [0, 0.1) is 0 Å². The van der Waals surface area contributed by atoms with Gasteiger partial charge in [-0.2, -0.15) is 0 Å². The van der Waals surface area contributed by atoms with Crippen LogP contribution in [0.5, 0.6) is 0 Å². The Hall–Kier alpha value is -0.580. The van der Waals surface area contributed by atoms with E-state index in [1.807, 2.05) is 12.1 Å². The molecule has 0 heterocycles. The maximum atomic E-state index is 11.1. The third-order valence-electron chi connectivity index (χ3n) is 1.88. The summed E-state index contributed by atoms with van der Waals surface area (Å²) < 4.78 is 24.5. The molecular formula is C9H12ClNO2S. The molecule has 0 saturated carbocycles. The lowest BCUT2D eigenvalue weighted by Gasteiger charge is -2.02. The number of sulfonamides is 1. The van der Waals surface area contributed by atoms with Crippen molar-refractivity contribution in [3.63, 3.8) is 0 Å². The molecule has 0 aliphatic carbocycles. The monoisotopic (exact) mass is 233 g/mol. The van der Waals surface area contributed by atoms with Gasteiger partial charge in [0.15, 0.2) is 0 Å². The largest absolute Gasteiger partial charge is 0.218 e. The summed E-state index contributed by atoms with van der Waals surface area (Å²) in [5.41, 5.74) is 0.966. The Balaban J connectivity index is 2.59. The zero-order valence-electron chi connectivity index (χ0n) is 7.83. The SMILES string of the molecule is CNS(=O)(=O)CCc1ccc(Cl)cc1. The van der Waals surface area contributed by atoms with E-state index in [1.54, 1.807) is 12.1 Å². The zero-order chi connectivity index (χ0) is 10.6. The molecule has 0 fully saturated rings. The molecule has 0 aromatic heterocycles. The minimum Gasteiger partial charge on any atom is -0.218 e. The van der Waals surface area contributed by atoms with E-state index in [-0.39, 0.29) is 5.75 Å². The Kier molecular flexibility index (Phi) is 3.92. The van der Waals surface area contributed by atoms with E-state index in [9.17, 15) is 8.42 Å². The van der Waals surface area contributed by atoms with Crippen molar-refractivity contribution in [2.75, 3.05) is 12.8 Å². The number of benzene rings is 1. The molecule has 1 N–H and O–H groups in total. The van der Waals surface area contributed by atoms with Gasteiger partial charge in [-0.25, -0.2) is 13.1 Å². The predicted molar refractivity (Wildman–Crippen MR) is 58.0 cm³/mol. The molecular weight excluding hydrogens is 222 g/mol. The van der Waals surface area contributed by atoms with Crippen molar-refractivity contribution < 1.29 is 8.42 Å². The van der Waals surface area contributed by atoms with E-state index < -0.39 is 10.0 Å². The van der Waals surface area contributed by atoms with Crippen LogP contribution in [-0.4, -0.2) is 21.2 Å². The summed E-state index contributed by atoms with van der Waals surface area (Å²) in [5.74, 6) is 0.102. The van der Waals surface area contributed by atoms with Crippen molar-refractivity contribution in [3.8, 4) is 0 Å². The first kappa shape index (κ1) is 11.5. The molecule has 1 aromatic rings. The second-order valence-corrected chi connectivity index (χ2v) is 5.38. The van der Waals surface area contributed by atoms with Crippen LogP contribution >= 0.6 is 11.6 Å². The number of rotatable bonds is 4. The Morgan fingerprint density at radius 3 is 2.36 bits per heavy atom. The Bertz CT molecular complexity index is 386. The molecule has 5 heteroatoms. The van der Waals surface area contributed by atoms with E-state index in [4.69, 9.17) is 11.6 Å². The molecule has 0 spiro atoms. The number of hydrogen-bond acceptors (Lipinski definition) is 2. The van der Waals surface area contributed by atoms with Crippen molar-refractivity contribution in [2.24, 2.45) is 0 Å². The van der Waals surface area contributed by atoms with E-state index >= 15 is 0 Å². The first-order chi connectivity index (χ1) is 6.53. The second kappa shape index (κ2) is 4.77. The molecule has 0 unspecified atom stereocenters. The minimum absolute atomic E-state index is 0.102. The lowest BCUT2D eigenvalue weighted by molar-refractivity contribution is 0.587. The fourth-order valence-electron chi connectivity index (χ4n) is 1.01. The smallest absolute Gasteiger partial charge is 0.211 e. The molecule has 78 valence electrons. The average Bonchev–Trinajstić information content (AvgIpc) is 2.17. The Morgan fingerprint density at radius 1 is 1.29 bits per heavy atom. The molecule has 0 radical (unpaired) electrons. The first-order valence-electron chi connectivity index (χ1n) is 4.19. The summed E-state index contributed by atoms with van der Waals surface area (Å²) in [6.45, 7) is 0. The Labute approximate surface area is 89.1 Å². The van der Waals surface area contributed by atoms with Crippen molar-refractivity contribution in [1.29, 1.82) is 0 Å². The first-order valence-corrected chi connectivity index (χ1v) is 6.22. The van der Waals surface area contributed by atoms with Crippen LogP contribution in [0.3, 0.4) is 0 Å². The second-order valence-electron chi connectivity index (χ2n) is 2.90. The number of hydrogen-bond donors (Lipinski definition) is 1. The number of aryl methyl sites for hydroxylation is 1. The van der Waals surface area contributed by atoms with Crippen LogP contribution in [0.25, 0.3) is 0 Å². The van der Waals surface area contributed by atoms with Gasteiger partial charge < -0.3 is 0 Å². The van der Waals surface area contributed by atoms with Crippen LogP contribution in [0.15, 0.2) is 24.3 Å². The van der Waals surface area contributed by atoms with Crippen LogP contribution < -0.4 is 4.72 Å². The molecule has 1 rings (SSSR count). The molecule has 1 aromatic carbocycles. The van der Waals surface area contributed by atoms with Crippen molar-refractivity contribution in [2.45, 2.75) is 6.42 Å². The predicted octanol–water partition coefficient (Wildman–Crippen LogP) is 1.43. The molecule has 3 nitrogen and oxygen atoms in total. The van der Waals surface area contributed by atoms with Gasteiger partial charge in [-0.15, -0.1) is 0 Å². The summed E-state index contributed by atoms with van der Waals surface area (Å²) in [4.78, 5) is 0. The maximum Gasteiger partial charge on any atom is 0.211 e. The zero-order valence-corrected chi connectivity index (χ0v) is 9.40. The van der Waals surface area contributed by atoms with Crippen molar-refractivity contribution in [1.82, 2.24) is 4.72 Å². The fourth-order valence-corrected chi connectivity index (χ4v) is 1.84. The highest BCUT2D eigenvalue weighted by atomic mass is 35.5. The van der Waals surface area contributed by atoms with Gasteiger partial charge in [-0.05, 0) is 31.2 Å². The average molecular weight is 234 g/mol. The highest BCUT2D eigenvalue weighted by Crippen LogP contribution is 2.10. The fraction of sp³-hybridized carbons (Fsp3) is 0.333. The Morgan fingerprint density at radius 2 is 1.86 bits per heavy atom. The van der Waals surface area contributed by atoms with Gasteiger partial charge in [0.1, 0.15) is 0 Å². The lowest BCUT2D eigenvalue weighted by Crippen LogP contribution is -2.23. The summed E-state index contributed by atoms with van der Waals surface area (Å²) in [7, 11) is -1.70. The molecule has 0 amide bonds. The van der Waals surface area contributed by atoms with Crippen molar-refractivity contribution in [3.05, 3.63) is 34.9 Å². The third kappa shape index (κ3) is 3.65. The third-order valence-corrected chi connectivity index (χ3v) is 3.50. The van der Waals surface area contributed by atoms with E-state index in [1.165, 1.54) is 7.05 Å².